The van der Waals surface area contributed by atoms with Gasteiger partial charge >= 0.3 is 0 Å². The smallest absolute Gasteiger partial charge is 0.161 e. The first-order valence-electron chi connectivity index (χ1n) is 24.3. The van der Waals surface area contributed by atoms with E-state index in [1.54, 1.807) is 0 Å². The maximum atomic E-state index is 6.68. The third-order valence-corrected chi connectivity index (χ3v) is 11.4. The molecule has 6 heteroatoms. The molecule has 0 heterocycles. The Bertz CT molecular complexity index is 1790. The lowest BCUT2D eigenvalue weighted by Gasteiger charge is -2.21. The summed E-state index contributed by atoms with van der Waals surface area (Å²) in [5, 5.41) is 6.61. The van der Waals surface area contributed by atoms with Gasteiger partial charge < -0.3 is 28.4 Å². The fraction of sp³-hybridized carbons (Fsp3) is 0.630. The molecule has 0 saturated heterocycles. The summed E-state index contributed by atoms with van der Waals surface area (Å²) in [6, 6.07) is 13.3. The minimum Gasteiger partial charge on any atom is -0.490 e. The normalized spacial score (nSPS) is 11.3. The number of hydrogen-bond donors (Lipinski definition) is 0. The molecule has 332 valence electrons. The van der Waals surface area contributed by atoms with Crippen LogP contribution in [0.3, 0.4) is 0 Å². The third-order valence-electron chi connectivity index (χ3n) is 11.4. The Morgan fingerprint density at radius 2 is 0.500 bits per heavy atom. The maximum Gasteiger partial charge on any atom is 0.161 e. The molecule has 0 aliphatic heterocycles. The summed E-state index contributed by atoms with van der Waals surface area (Å²) in [4.78, 5) is 0. The number of unbranched alkanes of at least 4 members (excludes halogenated alkanes) is 17. The van der Waals surface area contributed by atoms with Crippen LogP contribution in [0.1, 0.15) is 182 Å². The average molecular weight is 825 g/mol. The Labute approximate surface area is 364 Å². The molecule has 0 atom stereocenters. The van der Waals surface area contributed by atoms with Gasteiger partial charge in [0.15, 0.2) is 34.5 Å². The summed E-state index contributed by atoms with van der Waals surface area (Å²) in [5.74, 6) is 7.54. The molecule has 0 bridgehead atoms. The van der Waals surface area contributed by atoms with Crippen molar-refractivity contribution in [1.82, 2.24) is 0 Å². The molecule has 0 saturated carbocycles. The molecule has 0 spiro atoms. The van der Waals surface area contributed by atoms with Crippen molar-refractivity contribution in [2.45, 2.75) is 182 Å². The van der Waals surface area contributed by atoms with Gasteiger partial charge in [-0.25, -0.2) is 0 Å². The lowest BCUT2D eigenvalue weighted by molar-refractivity contribution is 0.259. The third kappa shape index (κ3) is 15.8. The molecular weight excluding hydrogens is 745 g/mol. The first kappa shape index (κ1) is 48.7. The summed E-state index contributed by atoms with van der Waals surface area (Å²) >= 11 is 0. The van der Waals surface area contributed by atoms with E-state index >= 15 is 0 Å². The van der Waals surface area contributed by atoms with Gasteiger partial charge in [-0.2, -0.15) is 0 Å². The first-order chi connectivity index (χ1) is 29.6. The van der Waals surface area contributed by atoms with E-state index in [1.807, 2.05) is 0 Å². The van der Waals surface area contributed by atoms with Crippen LogP contribution in [0.15, 0.2) is 36.4 Å². The van der Waals surface area contributed by atoms with E-state index in [2.05, 4.69) is 76.9 Å². The molecule has 4 rings (SSSR count). The second-order valence-electron chi connectivity index (χ2n) is 16.6. The molecule has 0 radical (unpaired) electrons. The monoisotopic (exact) mass is 825 g/mol. The summed E-state index contributed by atoms with van der Waals surface area (Å²) in [6.45, 7) is 15.0. The summed E-state index contributed by atoms with van der Waals surface area (Å²) < 4.78 is 39.6. The van der Waals surface area contributed by atoms with Gasteiger partial charge in [-0.05, 0) is 114 Å². The minimum atomic E-state index is 0.648. The summed E-state index contributed by atoms with van der Waals surface area (Å²) in [7, 11) is 0. The van der Waals surface area contributed by atoms with Crippen molar-refractivity contribution in [2.75, 3.05) is 39.6 Å². The Balaban J connectivity index is 1.88. The van der Waals surface area contributed by atoms with Crippen molar-refractivity contribution in [3.05, 3.63) is 36.4 Å². The number of terminal acetylenes is 1. The van der Waals surface area contributed by atoms with Crippen molar-refractivity contribution < 1.29 is 28.4 Å². The van der Waals surface area contributed by atoms with E-state index in [1.165, 1.54) is 25.7 Å². The zero-order valence-electron chi connectivity index (χ0n) is 38.5. The standard InChI is InChI=1S/C54H80O6/c1-7-13-19-20-21-22-23-24-30-36-60-54-42-48-46-40-52(58-34-28-17-11-5)50(56-32-26-15-9-3)38-44(46)43-37-49(55-31-25-14-8-2)51(57-33-27-16-10-4)39-45(43)47(48)41-53(54)59-35-29-18-12-6/h1,37-42H,8-36H2,2-6H3. The van der Waals surface area contributed by atoms with E-state index in [0.29, 0.717) is 39.6 Å². The van der Waals surface area contributed by atoms with Crippen LogP contribution in [-0.4, -0.2) is 39.6 Å². The zero-order valence-corrected chi connectivity index (χ0v) is 38.5. The minimum absolute atomic E-state index is 0.648. The Kier molecular flexibility index (Phi) is 23.8. The summed E-state index contributed by atoms with van der Waals surface area (Å²) in [5.41, 5.74) is 0. The SMILES string of the molecule is C#CCCCCCCCCCOc1cc2c3cc(OCCCCC)c(OCCCCC)cc3c3cc(OCCCCC)c(OCCCCC)cc3c2cc1OCCCCC. The second kappa shape index (κ2) is 29.3. The topological polar surface area (TPSA) is 55.4 Å². The van der Waals surface area contributed by atoms with Crippen molar-refractivity contribution in [2.24, 2.45) is 0 Å². The van der Waals surface area contributed by atoms with E-state index < -0.39 is 0 Å². The molecule has 0 unspecified atom stereocenters. The van der Waals surface area contributed by atoms with Crippen molar-refractivity contribution >= 4 is 32.3 Å². The van der Waals surface area contributed by atoms with Gasteiger partial charge in [-0.15, -0.1) is 12.3 Å². The van der Waals surface area contributed by atoms with Crippen LogP contribution < -0.4 is 28.4 Å². The Hall–Kier alpha value is -3.98. The average Bonchev–Trinajstić information content (AvgIpc) is 3.26. The Morgan fingerprint density at radius 3 is 0.717 bits per heavy atom. The van der Waals surface area contributed by atoms with E-state index in [4.69, 9.17) is 34.8 Å². The van der Waals surface area contributed by atoms with Gasteiger partial charge in [0.2, 0.25) is 0 Å². The predicted molar refractivity (Wildman–Crippen MR) is 255 cm³/mol. The largest absolute Gasteiger partial charge is 0.490 e. The van der Waals surface area contributed by atoms with Crippen LogP contribution in [0.25, 0.3) is 32.3 Å². The van der Waals surface area contributed by atoms with Crippen LogP contribution in [0.4, 0.5) is 0 Å². The second-order valence-corrected chi connectivity index (χ2v) is 16.6. The lowest BCUT2D eigenvalue weighted by atomic mass is 9.93. The van der Waals surface area contributed by atoms with Crippen LogP contribution >= 0.6 is 0 Å². The van der Waals surface area contributed by atoms with Gasteiger partial charge in [-0.1, -0.05) is 131 Å². The molecule has 4 aromatic rings. The number of ether oxygens (including phenoxy) is 6. The van der Waals surface area contributed by atoms with E-state index in [-0.39, 0.29) is 0 Å². The molecular formula is C54H80O6. The molecule has 4 aromatic carbocycles. The van der Waals surface area contributed by atoms with Crippen LogP contribution in [0.5, 0.6) is 34.5 Å². The fourth-order valence-electron chi connectivity index (χ4n) is 7.76. The molecule has 0 amide bonds. The Morgan fingerprint density at radius 1 is 0.300 bits per heavy atom. The van der Waals surface area contributed by atoms with Gasteiger partial charge in [-0.3, -0.25) is 0 Å². The summed E-state index contributed by atoms with van der Waals surface area (Å²) in [6.07, 6.45) is 30.9. The highest BCUT2D eigenvalue weighted by Crippen LogP contribution is 2.47. The molecule has 0 aliphatic carbocycles. The molecule has 0 aliphatic rings. The fourth-order valence-corrected chi connectivity index (χ4v) is 7.76. The number of rotatable bonds is 35. The van der Waals surface area contributed by atoms with E-state index in [9.17, 15) is 0 Å². The lowest BCUT2D eigenvalue weighted by Crippen LogP contribution is -2.05. The van der Waals surface area contributed by atoms with Crippen molar-refractivity contribution in [3.63, 3.8) is 0 Å². The number of hydrogen-bond acceptors (Lipinski definition) is 6. The zero-order chi connectivity index (χ0) is 42.6. The van der Waals surface area contributed by atoms with Gasteiger partial charge in [0, 0.05) is 6.42 Å². The molecule has 0 aromatic heterocycles. The molecule has 6 nitrogen and oxygen atoms in total. The van der Waals surface area contributed by atoms with Crippen LogP contribution in [0.2, 0.25) is 0 Å². The van der Waals surface area contributed by atoms with Crippen molar-refractivity contribution in [1.29, 1.82) is 0 Å². The number of fused-ring (bicyclic) bond motifs is 6. The maximum absolute atomic E-state index is 6.68. The van der Waals surface area contributed by atoms with Gasteiger partial charge in [0.1, 0.15) is 0 Å². The quantitative estimate of drug-likeness (QED) is 0.0262. The van der Waals surface area contributed by atoms with Gasteiger partial charge in [0.25, 0.3) is 0 Å². The molecule has 0 N–H and O–H groups in total. The first-order valence-corrected chi connectivity index (χ1v) is 24.3. The highest BCUT2D eigenvalue weighted by molar-refractivity contribution is 6.26. The highest BCUT2D eigenvalue weighted by Gasteiger charge is 2.20. The van der Waals surface area contributed by atoms with E-state index in [0.717, 1.165) is 189 Å². The van der Waals surface area contributed by atoms with Gasteiger partial charge in [0.05, 0.1) is 39.6 Å². The predicted octanol–water partition coefficient (Wildman–Crippen LogP) is 16.1. The molecule has 0 fully saturated rings. The van der Waals surface area contributed by atoms with Crippen LogP contribution in [-0.2, 0) is 0 Å². The van der Waals surface area contributed by atoms with Crippen molar-refractivity contribution in [3.8, 4) is 46.8 Å². The molecule has 60 heavy (non-hydrogen) atoms. The highest BCUT2D eigenvalue weighted by atomic mass is 16.5. The number of benzene rings is 4. The van der Waals surface area contributed by atoms with Crippen LogP contribution in [0, 0.1) is 12.3 Å².